The van der Waals surface area contributed by atoms with Gasteiger partial charge in [0.1, 0.15) is 0 Å². The van der Waals surface area contributed by atoms with Gasteiger partial charge in [-0.1, -0.05) is 30.3 Å². The Hall–Kier alpha value is -3.90. The van der Waals surface area contributed by atoms with Gasteiger partial charge in [0.2, 0.25) is 0 Å². The number of fused-ring (bicyclic) bond motifs is 1. The summed E-state index contributed by atoms with van der Waals surface area (Å²) in [6.07, 6.45) is -5.00. The van der Waals surface area contributed by atoms with E-state index in [2.05, 4.69) is 10.5 Å². The van der Waals surface area contributed by atoms with E-state index >= 15 is 0 Å². The quantitative estimate of drug-likeness (QED) is 0.280. The van der Waals surface area contributed by atoms with Gasteiger partial charge in [-0.05, 0) is 30.7 Å². The molecule has 13 heteroatoms. The molecule has 0 saturated carbocycles. The molecule has 186 valence electrons. The van der Waals surface area contributed by atoms with Crippen molar-refractivity contribution in [2.45, 2.75) is 24.9 Å². The normalized spacial score (nSPS) is 13.1. The number of carbonyl (C=O) groups is 2. The molecule has 0 atom stereocenters. The SMILES string of the molecule is CC(=NNC(=O)c1cn(C)c2ccccc12)c1ccc(NC(=O)C(F)(F)C(F)(F)C(F)(F)F)cc1. The third-order valence-electron chi connectivity index (χ3n) is 5.06. The van der Waals surface area contributed by atoms with Gasteiger partial charge in [0.25, 0.3) is 5.91 Å². The zero-order chi connectivity index (χ0) is 26.2. The summed E-state index contributed by atoms with van der Waals surface area (Å²) in [5.74, 6) is -15.9. The number of rotatable bonds is 6. The van der Waals surface area contributed by atoms with Gasteiger partial charge in [0, 0.05) is 29.8 Å². The lowest BCUT2D eigenvalue weighted by molar-refractivity contribution is -0.343. The zero-order valence-corrected chi connectivity index (χ0v) is 18.1. The highest BCUT2D eigenvalue weighted by Gasteiger charge is 2.76. The highest BCUT2D eigenvalue weighted by molar-refractivity contribution is 6.08. The number of para-hydroxylation sites is 1. The second-order valence-corrected chi connectivity index (χ2v) is 7.49. The summed E-state index contributed by atoms with van der Waals surface area (Å²) in [4.78, 5) is 24.0. The molecule has 2 N–H and O–H groups in total. The largest absolute Gasteiger partial charge is 0.460 e. The fourth-order valence-electron chi connectivity index (χ4n) is 3.11. The van der Waals surface area contributed by atoms with E-state index in [0.717, 1.165) is 17.6 Å². The van der Waals surface area contributed by atoms with Crippen molar-refractivity contribution in [3.63, 3.8) is 0 Å². The van der Waals surface area contributed by atoms with Crippen LogP contribution in [0.15, 0.2) is 59.8 Å². The maximum Gasteiger partial charge on any atom is 0.460 e. The molecule has 3 aromatic rings. The van der Waals surface area contributed by atoms with Crippen LogP contribution in [0.1, 0.15) is 22.8 Å². The fraction of sp³-hybridized carbons (Fsp3) is 0.227. The van der Waals surface area contributed by atoms with E-state index in [-0.39, 0.29) is 5.71 Å². The van der Waals surface area contributed by atoms with Crippen LogP contribution in [-0.2, 0) is 11.8 Å². The van der Waals surface area contributed by atoms with Crippen molar-refractivity contribution in [1.82, 2.24) is 9.99 Å². The van der Waals surface area contributed by atoms with Gasteiger partial charge in [-0.15, -0.1) is 0 Å². The smallest absolute Gasteiger partial charge is 0.350 e. The van der Waals surface area contributed by atoms with E-state index in [1.807, 2.05) is 12.1 Å². The first-order chi connectivity index (χ1) is 16.2. The first-order valence-corrected chi connectivity index (χ1v) is 9.79. The molecule has 0 spiro atoms. The van der Waals surface area contributed by atoms with Crippen molar-refractivity contribution < 1.29 is 40.3 Å². The molecule has 0 radical (unpaired) electrons. The van der Waals surface area contributed by atoms with Gasteiger partial charge in [0.05, 0.1) is 11.3 Å². The van der Waals surface area contributed by atoms with Crippen LogP contribution in [0.4, 0.5) is 36.4 Å². The van der Waals surface area contributed by atoms with Gasteiger partial charge < -0.3 is 9.88 Å². The standard InChI is InChI=1S/C22H17F7N4O2/c1-12(31-32-18(34)16-11-33(2)17-6-4-3-5-15(16)17)13-7-9-14(10-8-13)30-19(35)20(23,24)21(25,26)22(27,28)29/h3-11H,1-2H3,(H,30,35)(H,32,34). The lowest BCUT2D eigenvalue weighted by Gasteiger charge is -2.27. The Labute approximate surface area is 193 Å². The van der Waals surface area contributed by atoms with Gasteiger partial charge in [-0.2, -0.15) is 35.8 Å². The fourth-order valence-corrected chi connectivity index (χ4v) is 3.11. The van der Waals surface area contributed by atoms with Crippen LogP contribution in [0, 0.1) is 0 Å². The molecule has 6 nitrogen and oxygen atoms in total. The maximum atomic E-state index is 13.5. The molecule has 0 bridgehead atoms. The minimum atomic E-state index is -6.62. The number of amides is 2. The molecular formula is C22H17F7N4O2. The van der Waals surface area contributed by atoms with Crippen LogP contribution in [-0.4, -0.2) is 40.1 Å². The average Bonchev–Trinajstić information content (AvgIpc) is 3.13. The van der Waals surface area contributed by atoms with Crippen molar-refractivity contribution >= 4 is 34.1 Å². The second-order valence-electron chi connectivity index (χ2n) is 7.49. The number of aryl methyl sites for hydroxylation is 1. The van der Waals surface area contributed by atoms with Crippen molar-refractivity contribution in [2.75, 3.05) is 5.32 Å². The number of alkyl halides is 7. The lowest BCUT2D eigenvalue weighted by atomic mass is 10.1. The van der Waals surface area contributed by atoms with E-state index in [1.165, 1.54) is 24.4 Å². The molecule has 35 heavy (non-hydrogen) atoms. The third-order valence-corrected chi connectivity index (χ3v) is 5.06. The van der Waals surface area contributed by atoms with Gasteiger partial charge in [-0.3, -0.25) is 9.59 Å². The third kappa shape index (κ3) is 4.84. The number of halogens is 7. The van der Waals surface area contributed by atoms with E-state index in [4.69, 9.17) is 0 Å². The Morgan fingerprint density at radius 1 is 0.914 bits per heavy atom. The Morgan fingerprint density at radius 2 is 1.51 bits per heavy atom. The monoisotopic (exact) mass is 502 g/mol. The van der Waals surface area contributed by atoms with Crippen molar-refractivity contribution in [3.8, 4) is 0 Å². The first kappa shape index (κ1) is 25.7. The summed E-state index contributed by atoms with van der Waals surface area (Å²) < 4.78 is 91.4. The summed E-state index contributed by atoms with van der Waals surface area (Å²) in [5.41, 5.74) is 3.72. The van der Waals surface area contributed by atoms with Crippen LogP contribution in [0.25, 0.3) is 10.9 Å². The Balaban J connectivity index is 1.70. The predicted octanol–water partition coefficient (Wildman–Crippen LogP) is 5.10. The molecule has 0 unspecified atom stereocenters. The topological polar surface area (TPSA) is 75.5 Å². The highest BCUT2D eigenvalue weighted by Crippen LogP contribution is 2.46. The Morgan fingerprint density at radius 3 is 2.11 bits per heavy atom. The molecule has 2 aromatic carbocycles. The molecule has 2 amide bonds. The first-order valence-electron chi connectivity index (χ1n) is 9.79. The number of anilines is 1. The second kappa shape index (κ2) is 9.04. The summed E-state index contributed by atoms with van der Waals surface area (Å²) in [6, 6.07) is 11.7. The van der Waals surface area contributed by atoms with Crippen LogP contribution in [0.5, 0.6) is 0 Å². The summed E-state index contributed by atoms with van der Waals surface area (Å²) in [6.45, 7) is 1.50. The van der Waals surface area contributed by atoms with Gasteiger partial charge >= 0.3 is 23.9 Å². The number of benzene rings is 2. The van der Waals surface area contributed by atoms with Crippen LogP contribution in [0.3, 0.4) is 0 Å². The summed E-state index contributed by atoms with van der Waals surface area (Å²) in [7, 11) is 1.77. The Bertz CT molecular complexity index is 1300. The van der Waals surface area contributed by atoms with Crippen molar-refractivity contribution in [2.24, 2.45) is 12.1 Å². The van der Waals surface area contributed by atoms with E-state index in [1.54, 1.807) is 29.9 Å². The van der Waals surface area contributed by atoms with E-state index in [0.29, 0.717) is 16.5 Å². The molecule has 0 aliphatic heterocycles. The minimum absolute atomic E-state index is 0.255. The van der Waals surface area contributed by atoms with Crippen LogP contribution >= 0.6 is 0 Å². The number of hydrogen-bond donors (Lipinski definition) is 2. The summed E-state index contributed by atoms with van der Waals surface area (Å²) in [5, 5.41) is 5.99. The number of hydrazone groups is 1. The predicted molar refractivity (Wildman–Crippen MR) is 114 cm³/mol. The van der Waals surface area contributed by atoms with E-state index in [9.17, 15) is 40.3 Å². The minimum Gasteiger partial charge on any atom is -0.350 e. The van der Waals surface area contributed by atoms with Gasteiger partial charge in [0.15, 0.2) is 0 Å². The van der Waals surface area contributed by atoms with Gasteiger partial charge in [-0.25, -0.2) is 5.43 Å². The molecule has 1 heterocycles. The molecule has 3 rings (SSSR count). The van der Waals surface area contributed by atoms with Crippen LogP contribution < -0.4 is 10.7 Å². The molecule has 0 aliphatic carbocycles. The van der Waals surface area contributed by atoms with E-state index < -0.39 is 35.5 Å². The number of nitrogens with zero attached hydrogens (tertiary/aromatic N) is 2. The van der Waals surface area contributed by atoms with Crippen molar-refractivity contribution in [1.29, 1.82) is 0 Å². The van der Waals surface area contributed by atoms with Crippen LogP contribution in [0.2, 0.25) is 0 Å². The highest BCUT2D eigenvalue weighted by atomic mass is 19.4. The maximum absolute atomic E-state index is 13.5. The number of nitrogens with one attached hydrogen (secondary N) is 2. The zero-order valence-electron chi connectivity index (χ0n) is 18.1. The van der Waals surface area contributed by atoms with Crippen molar-refractivity contribution in [3.05, 3.63) is 65.9 Å². The molecule has 1 aromatic heterocycles. The number of carbonyl (C=O) groups excluding carboxylic acids is 2. The number of aromatic nitrogens is 1. The molecule has 0 saturated heterocycles. The average molecular weight is 502 g/mol. The lowest BCUT2D eigenvalue weighted by Crippen LogP contribution is -2.57. The number of hydrogen-bond acceptors (Lipinski definition) is 3. The Kier molecular flexibility index (Phi) is 6.64. The molecule has 0 fully saturated rings. The molecular weight excluding hydrogens is 485 g/mol. The molecule has 0 aliphatic rings. The summed E-state index contributed by atoms with van der Waals surface area (Å²) >= 11 is 0.